The predicted octanol–water partition coefficient (Wildman–Crippen LogP) is 0.984. The Bertz CT molecular complexity index is 134. The average molecular weight is 154 g/mol. The highest BCUT2D eigenvalue weighted by Crippen LogP contribution is 2.17. The highest BCUT2D eigenvalue weighted by atomic mass is 15.1. The van der Waals surface area contributed by atoms with Gasteiger partial charge in [-0.1, -0.05) is 12.5 Å². The predicted molar refractivity (Wildman–Crippen MR) is 48.4 cm³/mol. The first-order valence-corrected chi connectivity index (χ1v) is 4.34. The van der Waals surface area contributed by atoms with Crippen LogP contribution in [0.5, 0.6) is 0 Å². The van der Waals surface area contributed by atoms with Gasteiger partial charge in [0.2, 0.25) is 0 Å². The first kappa shape index (κ1) is 8.75. The monoisotopic (exact) mass is 154 g/mol. The molecule has 2 N–H and O–H groups in total. The van der Waals surface area contributed by atoms with Crippen LogP contribution in [0, 0.1) is 0 Å². The Kier molecular flexibility index (Phi) is 3.09. The summed E-state index contributed by atoms with van der Waals surface area (Å²) in [6.45, 7) is 4.91. The van der Waals surface area contributed by atoms with Crippen molar-refractivity contribution >= 4 is 0 Å². The van der Waals surface area contributed by atoms with Gasteiger partial charge in [0.15, 0.2) is 0 Å². The number of piperidine rings is 1. The van der Waals surface area contributed by atoms with Crippen molar-refractivity contribution < 1.29 is 0 Å². The molecule has 1 rings (SSSR count). The quantitative estimate of drug-likeness (QED) is 0.601. The van der Waals surface area contributed by atoms with Crippen LogP contribution >= 0.6 is 0 Å². The fraction of sp³-hybridized carbons (Fsp3) is 0.778. The van der Waals surface area contributed by atoms with Crippen LogP contribution in [0.3, 0.4) is 0 Å². The first-order valence-electron chi connectivity index (χ1n) is 4.34. The van der Waals surface area contributed by atoms with Crippen LogP contribution in [-0.2, 0) is 0 Å². The van der Waals surface area contributed by atoms with Crippen molar-refractivity contribution in [1.82, 2.24) is 4.90 Å². The molecule has 2 nitrogen and oxygen atoms in total. The van der Waals surface area contributed by atoms with E-state index in [1.807, 2.05) is 6.08 Å². The third-order valence-corrected chi connectivity index (χ3v) is 2.54. The van der Waals surface area contributed by atoms with E-state index in [9.17, 15) is 0 Å². The smallest absolute Gasteiger partial charge is 0.0379 e. The largest absolute Gasteiger partial charge is 0.323 e. The highest BCUT2D eigenvalue weighted by Gasteiger charge is 2.22. The molecule has 1 saturated heterocycles. The molecular formula is C9H18N2. The Labute approximate surface area is 69.1 Å². The van der Waals surface area contributed by atoms with E-state index in [2.05, 4.69) is 18.5 Å². The van der Waals surface area contributed by atoms with Gasteiger partial charge in [0.05, 0.1) is 0 Å². The van der Waals surface area contributed by atoms with Crippen LogP contribution in [0.25, 0.3) is 0 Å². The van der Waals surface area contributed by atoms with Gasteiger partial charge in [-0.25, -0.2) is 0 Å². The minimum atomic E-state index is 0.153. The molecule has 0 radical (unpaired) electrons. The molecule has 0 aromatic heterocycles. The topological polar surface area (TPSA) is 29.3 Å². The Morgan fingerprint density at radius 3 is 2.91 bits per heavy atom. The van der Waals surface area contributed by atoms with Gasteiger partial charge in [-0.05, 0) is 26.4 Å². The second-order valence-electron chi connectivity index (χ2n) is 3.36. The lowest BCUT2D eigenvalue weighted by Gasteiger charge is -2.35. The third-order valence-electron chi connectivity index (χ3n) is 2.54. The molecule has 0 aliphatic carbocycles. The minimum Gasteiger partial charge on any atom is -0.323 e. The standard InChI is InChI=1S/C9H18N2/c1-3-8(10)9-6-4-5-7-11(9)2/h3,8-9H,1,4-7,10H2,2H3. The molecule has 0 amide bonds. The van der Waals surface area contributed by atoms with Gasteiger partial charge in [-0.15, -0.1) is 6.58 Å². The van der Waals surface area contributed by atoms with Crippen molar-refractivity contribution in [1.29, 1.82) is 0 Å². The van der Waals surface area contributed by atoms with Gasteiger partial charge in [-0.3, -0.25) is 0 Å². The maximum Gasteiger partial charge on any atom is 0.0379 e. The normalized spacial score (nSPS) is 29.8. The van der Waals surface area contributed by atoms with Crippen molar-refractivity contribution in [3.63, 3.8) is 0 Å². The molecular weight excluding hydrogens is 136 g/mol. The second kappa shape index (κ2) is 3.88. The molecule has 0 aromatic carbocycles. The van der Waals surface area contributed by atoms with Gasteiger partial charge in [0, 0.05) is 12.1 Å². The van der Waals surface area contributed by atoms with Crippen molar-refractivity contribution in [2.75, 3.05) is 13.6 Å². The van der Waals surface area contributed by atoms with Crippen LogP contribution in [-0.4, -0.2) is 30.6 Å². The zero-order chi connectivity index (χ0) is 8.27. The van der Waals surface area contributed by atoms with Gasteiger partial charge in [0.25, 0.3) is 0 Å². The zero-order valence-electron chi connectivity index (χ0n) is 7.29. The summed E-state index contributed by atoms with van der Waals surface area (Å²) in [5.41, 5.74) is 5.88. The fourth-order valence-electron chi connectivity index (χ4n) is 1.74. The van der Waals surface area contributed by atoms with Gasteiger partial charge in [0.1, 0.15) is 0 Å². The van der Waals surface area contributed by atoms with Crippen molar-refractivity contribution in [2.24, 2.45) is 5.73 Å². The number of rotatable bonds is 2. The third kappa shape index (κ3) is 2.04. The first-order chi connectivity index (χ1) is 5.25. The second-order valence-corrected chi connectivity index (χ2v) is 3.36. The molecule has 1 aliphatic heterocycles. The molecule has 1 fully saturated rings. The molecule has 0 spiro atoms. The summed E-state index contributed by atoms with van der Waals surface area (Å²) >= 11 is 0. The molecule has 1 aliphatic rings. The summed E-state index contributed by atoms with van der Waals surface area (Å²) in [6, 6.07) is 0.682. The number of hydrogen-bond acceptors (Lipinski definition) is 2. The summed E-state index contributed by atoms with van der Waals surface area (Å²) in [5, 5.41) is 0. The average Bonchev–Trinajstić information content (AvgIpc) is 2.04. The SMILES string of the molecule is C=CC(N)C1CCCCN1C. The van der Waals surface area contributed by atoms with Crippen LogP contribution < -0.4 is 5.73 Å². The number of hydrogen-bond donors (Lipinski definition) is 1. The molecule has 11 heavy (non-hydrogen) atoms. The molecule has 2 atom stereocenters. The number of likely N-dealkylation sites (tertiary alicyclic amines) is 1. The van der Waals surface area contributed by atoms with Gasteiger partial charge < -0.3 is 10.6 Å². The Balaban J connectivity index is 2.46. The lowest BCUT2D eigenvalue weighted by Crippen LogP contribution is -2.47. The Morgan fingerprint density at radius 2 is 2.36 bits per heavy atom. The van der Waals surface area contributed by atoms with Crippen LogP contribution in [0.2, 0.25) is 0 Å². The summed E-state index contributed by atoms with van der Waals surface area (Å²) in [7, 11) is 2.15. The highest BCUT2D eigenvalue weighted by molar-refractivity contribution is 4.94. The maximum atomic E-state index is 5.88. The number of nitrogens with zero attached hydrogens (tertiary/aromatic N) is 1. The molecule has 64 valence electrons. The zero-order valence-corrected chi connectivity index (χ0v) is 7.29. The summed E-state index contributed by atoms with van der Waals surface area (Å²) in [6.07, 6.45) is 5.71. The van der Waals surface area contributed by atoms with E-state index in [0.29, 0.717) is 6.04 Å². The van der Waals surface area contributed by atoms with E-state index in [-0.39, 0.29) is 6.04 Å². The molecule has 2 unspecified atom stereocenters. The molecule has 1 heterocycles. The van der Waals surface area contributed by atoms with E-state index in [1.165, 1.54) is 25.8 Å². The van der Waals surface area contributed by atoms with E-state index in [1.54, 1.807) is 0 Å². The molecule has 0 saturated carbocycles. The number of likely N-dealkylation sites (N-methyl/N-ethyl adjacent to an activating group) is 1. The summed E-state index contributed by atoms with van der Waals surface area (Å²) in [4.78, 5) is 2.34. The van der Waals surface area contributed by atoms with Crippen LogP contribution in [0.1, 0.15) is 19.3 Å². The van der Waals surface area contributed by atoms with Crippen molar-refractivity contribution in [2.45, 2.75) is 31.3 Å². The number of nitrogens with two attached hydrogens (primary N) is 1. The summed E-state index contributed by atoms with van der Waals surface area (Å²) < 4.78 is 0. The lowest BCUT2D eigenvalue weighted by atomic mass is 9.97. The van der Waals surface area contributed by atoms with Crippen LogP contribution in [0.15, 0.2) is 12.7 Å². The van der Waals surface area contributed by atoms with Crippen LogP contribution in [0.4, 0.5) is 0 Å². The van der Waals surface area contributed by atoms with E-state index >= 15 is 0 Å². The Hall–Kier alpha value is -0.340. The molecule has 0 bridgehead atoms. The van der Waals surface area contributed by atoms with E-state index in [4.69, 9.17) is 5.73 Å². The maximum absolute atomic E-state index is 5.88. The Morgan fingerprint density at radius 1 is 1.64 bits per heavy atom. The van der Waals surface area contributed by atoms with Gasteiger partial charge in [-0.2, -0.15) is 0 Å². The summed E-state index contributed by atoms with van der Waals surface area (Å²) in [5.74, 6) is 0. The molecule has 0 aromatic rings. The molecule has 2 heteroatoms. The van der Waals surface area contributed by atoms with E-state index in [0.717, 1.165) is 0 Å². The van der Waals surface area contributed by atoms with Gasteiger partial charge >= 0.3 is 0 Å². The lowest BCUT2D eigenvalue weighted by molar-refractivity contribution is 0.173. The fourth-order valence-corrected chi connectivity index (χ4v) is 1.74. The van der Waals surface area contributed by atoms with Crippen molar-refractivity contribution in [3.05, 3.63) is 12.7 Å². The van der Waals surface area contributed by atoms with Crippen molar-refractivity contribution in [3.8, 4) is 0 Å². The minimum absolute atomic E-state index is 0.153. The van der Waals surface area contributed by atoms with E-state index < -0.39 is 0 Å².